The lowest BCUT2D eigenvalue weighted by molar-refractivity contribution is -0.167. The van der Waals surface area contributed by atoms with Crippen LogP contribution in [0.4, 0.5) is 0 Å². The Morgan fingerprint density at radius 3 is 1.00 bits per heavy atom. The minimum absolute atomic E-state index is 0.0863. The second-order valence-electron chi connectivity index (χ2n) is 18.6. The van der Waals surface area contributed by atoms with E-state index in [2.05, 4.69) is 63.3 Å². The predicted molar refractivity (Wildman–Crippen MR) is 279 cm³/mol. The maximum absolute atomic E-state index is 12.8. The Bertz CT molecular complexity index is 1180. The molecule has 0 aromatic heterocycles. The molecule has 0 aliphatic rings. The Labute approximate surface area is 402 Å². The molecule has 0 aliphatic carbocycles. The molecule has 0 aromatic rings. The van der Waals surface area contributed by atoms with E-state index in [1.54, 1.807) is 0 Å². The SMILES string of the molecule is CC\C=C/C=C\C=C/C=C\CCCCCCCC(=O)OC(COC(=O)CCCCC/C=C\CCCCCCCCC)COC(=O)CCCCCCCCCCCCCCCCCCCC. The number of rotatable bonds is 50. The zero-order valence-corrected chi connectivity index (χ0v) is 43.0. The second-order valence-corrected chi connectivity index (χ2v) is 18.6. The third-order valence-electron chi connectivity index (χ3n) is 12.1. The molecule has 0 N–H and O–H groups in total. The van der Waals surface area contributed by atoms with Gasteiger partial charge in [-0.3, -0.25) is 14.4 Å². The molecule has 0 aliphatic heterocycles. The van der Waals surface area contributed by atoms with E-state index >= 15 is 0 Å². The quantitative estimate of drug-likeness (QED) is 0.0199. The Morgan fingerprint density at radius 2 is 0.615 bits per heavy atom. The van der Waals surface area contributed by atoms with E-state index in [1.807, 2.05) is 18.2 Å². The van der Waals surface area contributed by atoms with Gasteiger partial charge in [-0.15, -0.1) is 0 Å². The molecule has 6 heteroatoms. The summed E-state index contributed by atoms with van der Waals surface area (Å²) in [5.74, 6) is -0.916. The summed E-state index contributed by atoms with van der Waals surface area (Å²) in [6.45, 7) is 6.49. The number of unbranched alkanes of at least 4 members (excludes halogenated alkanes) is 32. The molecular formula is C59H104O6. The lowest BCUT2D eigenvalue weighted by atomic mass is 10.0. The van der Waals surface area contributed by atoms with Crippen molar-refractivity contribution in [2.45, 2.75) is 284 Å². The summed E-state index contributed by atoms with van der Waals surface area (Å²) >= 11 is 0. The van der Waals surface area contributed by atoms with Crippen LogP contribution in [0.3, 0.4) is 0 Å². The fourth-order valence-electron chi connectivity index (χ4n) is 7.92. The van der Waals surface area contributed by atoms with Crippen LogP contribution in [0.1, 0.15) is 278 Å². The van der Waals surface area contributed by atoms with Crippen molar-refractivity contribution >= 4 is 17.9 Å². The molecule has 0 heterocycles. The number of ether oxygens (including phenoxy) is 3. The van der Waals surface area contributed by atoms with Gasteiger partial charge in [0.2, 0.25) is 0 Å². The predicted octanol–water partition coefficient (Wildman–Crippen LogP) is 18.4. The molecular weight excluding hydrogens is 805 g/mol. The summed E-state index contributed by atoms with van der Waals surface area (Å²) in [5.41, 5.74) is 0. The maximum Gasteiger partial charge on any atom is 0.306 e. The smallest absolute Gasteiger partial charge is 0.306 e. The highest BCUT2D eigenvalue weighted by atomic mass is 16.6. The summed E-state index contributed by atoms with van der Waals surface area (Å²) < 4.78 is 16.8. The third kappa shape index (κ3) is 51.9. The zero-order valence-electron chi connectivity index (χ0n) is 43.0. The molecule has 0 bridgehead atoms. The van der Waals surface area contributed by atoms with E-state index in [1.165, 1.54) is 141 Å². The fraction of sp³-hybridized carbons (Fsp3) is 0.780. The van der Waals surface area contributed by atoms with Gasteiger partial charge >= 0.3 is 17.9 Å². The summed E-state index contributed by atoms with van der Waals surface area (Å²) in [5, 5.41) is 0. The first-order valence-electron chi connectivity index (χ1n) is 27.8. The Hall–Kier alpha value is -2.89. The minimum atomic E-state index is -0.790. The number of allylic oxidation sites excluding steroid dienone is 10. The molecule has 65 heavy (non-hydrogen) atoms. The molecule has 6 nitrogen and oxygen atoms in total. The van der Waals surface area contributed by atoms with E-state index < -0.39 is 6.10 Å². The molecule has 0 saturated carbocycles. The van der Waals surface area contributed by atoms with Crippen molar-refractivity contribution in [3.05, 3.63) is 60.8 Å². The molecule has 0 rings (SSSR count). The van der Waals surface area contributed by atoms with Crippen molar-refractivity contribution < 1.29 is 28.6 Å². The fourth-order valence-corrected chi connectivity index (χ4v) is 7.92. The topological polar surface area (TPSA) is 78.9 Å². The summed E-state index contributed by atoms with van der Waals surface area (Å²) in [7, 11) is 0. The molecule has 0 fully saturated rings. The zero-order chi connectivity index (χ0) is 47.2. The molecule has 0 amide bonds. The molecule has 1 unspecified atom stereocenters. The van der Waals surface area contributed by atoms with Crippen molar-refractivity contribution in [2.75, 3.05) is 13.2 Å². The van der Waals surface area contributed by atoms with Crippen LogP contribution in [0.2, 0.25) is 0 Å². The number of carbonyl (C=O) groups is 3. The molecule has 0 radical (unpaired) electrons. The van der Waals surface area contributed by atoms with Crippen molar-refractivity contribution in [3.63, 3.8) is 0 Å². The Morgan fingerprint density at radius 1 is 0.323 bits per heavy atom. The van der Waals surface area contributed by atoms with Gasteiger partial charge in [0, 0.05) is 19.3 Å². The number of esters is 3. The monoisotopic (exact) mass is 909 g/mol. The van der Waals surface area contributed by atoms with Gasteiger partial charge in [-0.25, -0.2) is 0 Å². The van der Waals surface area contributed by atoms with Crippen LogP contribution < -0.4 is 0 Å². The van der Waals surface area contributed by atoms with Crippen molar-refractivity contribution in [1.82, 2.24) is 0 Å². The van der Waals surface area contributed by atoms with Crippen LogP contribution in [0, 0.1) is 0 Å². The van der Waals surface area contributed by atoms with Crippen LogP contribution in [0.15, 0.2) is 60.8 Å². The van der Waals surface area contributed by atoms with Crippen LogP contribution in [0.25, 0.3) is 0 Å². The average Bonchev–Trinajstić information content (AvgIpc) is 3.30. The largest absolute Gasteiger partial charge is 0.462 e. The van der Waals surface area contributed by atoms with Crippen molar-refractivity contribution in [3.8, 4) is 0 Å². The Kier molecular flexibility index (Phi) is 51.3. The van der Waals surface area contributed by atoms with Gasteiger partial charge in [0.05, 0.1) is 0 Å². The van der Waals surface area contributed by atoms with Crippen LogP contribution in [-0.2, 0) is 28.6 Å². The molecule has 0 spiro atoms. The van der Waals surface area contributed by atoms with Gasteiger partial charge in [-0.05, 0) is 64.2 Å². The lowest BCUT2D eigenvalue weighted by Gasteiger charge is -2.18. The van der Waals surface area contributed by atoms with Gasteiger partial charge in [0.1, 0.15) is 13.2 Å². The first kappa shape index (κ1) is 62.1. The summed E-state index contributed by atoms with van der Waals surface area (Å²) in [6.07, 6.45) is 66.4. The molecule has 376 valence electrons. The van der Waals surface area contributed by atoms with E-state index in [0.29, 0.717) is 19.3 Å². The molecule has 1 atom stereocenters. The third-order valence-corrected chi connectivity index (χ3v) is 12.1. The number of hydrogen-bond acceptors (Lipinski definition) is 6. The summed E-state index contributed by atoms with van der Waals surface area (Å²) in [4.78, 5) is 38.1. The average molecular weight is 909 g/mol. The highest BCUT2D eigenvalue weighted by Crippen LogP contribution is 2.16. The first-order chi connectivity index (χ1) is 32.0. The van der Waals surface area contributed by atoms with Crippen LogP contribution in [0.5, 0.6) is 0 Å². The second kappa shape index (κ2) is 53.7. The minimum Gasteiger partial charge on any atom is -0.462 e. The van der Waals surface area contributed by atoms with Crippen LogP contribution >= 0.6 is 0 Å². The van der Waals surface area contributed by atoms with Gasteiger partial charge in [-0.2, -0.15) is 0 Å². The van der Waals surface area contributed by atoms with E-state index in [4.69, 9.17) is 14.2 Å². The standard InChI is InChI=1S/C59H104O6/c1-4-7-10-13-16-19-22-25-28-29-30-32-34-37-40-43-46-49-52-58(61)64-55-56(54-63-57(60)51-48-45-42-39-36-33-27-24-21-18-15-12-9-6-3)65-59(62)53-50-47-44-41-38-35-31-26-23-20-17-14-11-8-5-2/h8,11,14,17,20,23,26,31,33,36,56H,4-7,9-10,12-13,15-16,18-19,21-22,24-25,27-30,32,34-35,37-55H2,1-3H3/b11-8-,17-14-,23-20-,31-26-,36-33-. The lowest BCUT2D eigenvalue weighted by Crippen LogP contribution is -2.30. The number of carbonyl (C=O) groups excluding carboxylic acids is 3. The van der Waals surface area contributed by atoms with Crippen LogP contribution in [-0.4, -0.2) is 37.2 Å². The first-order valence-corrected chi connectivity index (χ1v) is 27.8. The molecule has 0 aromatic carbocycles. The van der Waals surface area contributed by atoms with E-state index in [9.17, 15) is 14.4 Å². The van der Waals surface area contributed by atoms with E-state index in [0.717, 1.165) is 96.3 Å². The highest BCUT2D eigenvalue weighted by Gasteiger charge is 2.19. The van der Waals surface area contributed by atoms with E-state index in [-0.39, 0.29) is 31.1 Å². The van der Waals surface area contributed by atoms with Crippen molar-refractivity contribution in [2.24, 2.45) is 0 Å². The summed E-state index contributed by atoms with van der Waals surface area (Å²) in [6, 6.07) is 0. The number of hydrogen-bond donors (Lipinski definition) is 0. The maximum atomic E-state index is 12.8. The highest BCUT2D eigenvalue weighted by molar-refractivity contribution is 5.71. The van der Waals surface area contributed by atoms with Gasteiger partial charge < -0.3 is 14.2 Å². The molecule has 0 saturated heterocycles. The van der Waals surface area contributed by atoms with Gasteiger partial charge in [-0.1, -0.05) is 255 Å². The normalized spacial score (nSPS) is 12.5. The van der Waals surface area contributed by atoms with Crippen molar-refractivity contribution in [1.29, 1.82) is 0 Å². The van der Waals surface area contributed by atoms with Gasteiger partial charge in [0.15, 0.2) is 6.10 Å². The Balaban J connectivity index is 4.39. The van der Waals surface area contributed by atoms with Gasteiger partial charge in [0.25, 0.3) is 0 Å².